The molecule has 0 saturated carbocycles. The Balaban J connectivity index is 1.71. The van der Waals surface area contributed by atoms with Crippen molar-refractivity contribution < 1.29 is 4.79 Å². The fraction of sp³-hybridized carbons (Fsp3) is 0.400. The first-order valence-electron chi connectivity index (χ1n) is 8.67. The summed E-state index contributed by atoms with van der Waals surface area (Å²) in [6.07, 6.45) is 7.94. The van der Waals surface area contributed by atoms with Crippen LogP contribution < -0.4 is 5.73 Å². The highest BCUT2D eigenvalue weighted by Gasteiger charge is 2.23. The first-order chi connectivity index (χ1) is 11.6. The molecule has 0 aliphatic carbocycles. The highest BCUT2D eigenvalue weighted by molar-refractivity contribution is 6.12. The van der Waals surface area contributed by atoms with Gasteiger partial charge < -0.3 is 10.6 Å². The van der Waals surface area contributed by atoms with E-state index >= 15 is 0 Å². The normalized spacial score (nSPS) is 21.0. The maximum atomic E-state index is 11.6. The highest BCUT2D eigenvalue weighted by atomic mass is 16.1. The van der Waals surface area contributed by atoms with E-state index in [4.69, 9.17) is 5.73 Å². The van der Waals surface area contributed by atoms with Crippen molar-refractivity contribution in [2.75, 3.05) is 13.1 Å². The fourth-order valence-corrected chi connectivity index (χ4v) is 3.40. The number of amides is 1. The molecule has 126 valence electrons. The minimum atomic E-state index is -0.382. The molecule has 0 bridgehead atoms. The van der Waals surface area contributed by atoms with Crippen molar-refractivity contribution in [3.05, 3.63) is 58.9 Å². The second-order valence-electron chi connectivity index (χ2n) is 6.67. The number of benzene rings is 1. The molecule has 4 nitrogen and oxygen atoms in total. The van der Waals surface area contributed by atoms with E-state index < -0.39 is 0 Å². The van der Waals surface area contributed by atoms with Crippen LogP contribution in [0.3, 0.4) is 0 Å². The molecule has 2 aliphatic heterocycles. The van der Waals surface area contributed by atoms with Crippen LogP contribution in [0.25, 0.3) is 0 Å². The van der Waals surface area contributed by atoms with Crippen LogP contribution in [0, 0.1) is 5.92 Å². The van der Waals surface area contributed by atoms with Gasteiger partial charge in [-0.05, 0) is 38.2 Å². The summed E-state index contributed by atoms with van der Waals surface area (Å²) in [5.74, 6) is 0.102. The minimum Gasteiger partial charge on any atom is -0.376 e. The van der Waals surface area contributed by atoms with Crippen molar-refractivity contribution in [1.29, 1.82) is 0 Å². The molecular weight excluding hydrogens is 298 g/mol. The molecule has 0 fully saturated rings. The lowest BCUT2D eigenvalue weighted by Crippen LogP contribution is -2.29. The molecule has 0 radical (unpaired) electrons. The summed E-state index contributed by atoms with van der Waals surface area (Å²) in [4.78, 5) is 18.5. The maximum absolute atomic E-state index is 11.6. The number of nitrogens with zero attached hydrogens (tertiary/aromatic N) is 2. The molecule has 1 aromatic rings. The quantitative estimate of drug-likeness (QED) is 0.926. The largest absolute Gasteiger partial charge is 0.376 e. The van der Waals surface area contributed by atoms with Crippen LogP contribution in [0.4, 0.5) is 0 Å². The molecule has 1 aromatic carbocycles. The van der Waals surface area contributed by atoms with Gasteiger partial charge in [0, 0.05) is 31.4 Å². The van der Waals surface area contributed by atoms with E-state index in [2.05, 4.69) is 40.4 Å². The molecule has 2 N–H and O–H groups in total. The van der Waals surface area contributed by atoms with E-state index in [1.807, 2.05) is 13.0 Å². The second-order valence-corrected chi connectivity index (χ2v) is 6.67. The number of carbonyl (C=O) groups excluding carboxylic acids is 1. The van der Waals surface area contributed by atoms with Gasteiger partial charge in [0.1, 0.15) is 0 Å². The number of fused-ring (bicyclic) bond motifs is 1. The Kier molecular flexibility index (Phi) is 5.14. The van der Waals surface area contributed by atoms with Gasteiger partial charge >= 0.3 is 0 Å². The van der Waals surface area contributed by atoms with Crippen LogP contribution in [-0.4, -0.2) is 30.1 Å². The summed E-state index contributed by atoms with van der Waals surface area (Å²) >= 11 is 0. The van der Waals surface area contributed by atoms with Gasteiger partial charge in [-0.15, -0.1) is 0 Å². The number of rotatable bonds is 4. The Labute approximate surface area is 143 Å². The summed E-state index contributed by atoms with van der Waals surface area (Å²) in [5.41, 5.74) is 9.52. The Morgan fingerprint density at radius 2 is 2.08 bits per heavy atom. The van der Waals surface area contributed by atoms with Crippen molar-refractivity contribution in [2.45, 2.75) is 32.6 Å². The first-order valence-corrected chi connectivity index (χ1v) is 8.67. The zero-order valence-corrected chi connectivity index (χ0v) is 14.2. The number of aliphatic imine (C=N–C) groups is 1. The topological polar surface area (TPSA) is 58.7 Å². The van der Waals surface area contributed by atoms with Gasteiger partial charge in [-0.1, -0.05) is 35.9 Å². The zero-order chi connectivity index (χ0) is 16.9. The number of primary amides is 1. The molecule has 1 amide bonds. The van der Waals surface area contributed by atoms with Gasteiger partial charge in [0.25, 0.3) is 0 Å². The van der Waals surface area contributed by atoms with E-state index in [1.165, 1.54) is 5.56 Å². The lowest BCUT2D eigenvalue weighted by Gasteiger charge is -2.31. The summed E-state index contributed by atoms with van der Waals surface area (Å²) in [6.45, 7) is 4.05. The van der Waals surface area contributed by atoms with Crippen molar-refractivity contribution in [2.24, 2.45) is 16.6 Å². The van der Waals surface area contributed by atoms with Gasteiger partial charge in [-0.2, -0.15) is 0 Å². The maximum Gasteiger partial charge on any atom is 0.250 e. The number of hydrogen-bond acceptors (Lipinski definition) is 3. The monoisotopic (exact) mass is 323 g/mol. The third-order valence-electron chi connectivity index (χ3n) is 4.96. The molecule has 0 aromatic heterocycles. The molecule has 0 saturated heterocycles. The summed E-state index contributed by atoms with van der Waals surface area (Å²) in [7, 11) is 0. The Bertz CT molecular complexity index is 688. The number of carbonyl (C=O) groups is 1. The standard InChI is InChI=1S/C20H25N3O/c1-15-7-8-17-10-12-23(11-9-16-5-3-2-4-6-16)14-19(17)22-13-18(15)20(21)24/h2-6,13-14,17H,7-12H2,1H3,(H2,21,24). The molecule has 0 spiro atoms. The first kappa shape index (κ1) is 16.5. The van der Waals surface area contributed by atoms with Crippen LogP contribution in [0.5, 0.6) is 0 Å². The number of hydrogen-bond donors (Lipinski definition) is 1. The van der Waals surface area contributed by atoms with E-state index in [-0.39, 0.29) is 5.91 Å². The predicted octanol–water partition coefficient (Wildman–Crippen LogP) is 3.06. The van der Waals surface area contributed by atoms with Crippen molar-refractivity contribution in [3.8, 4) is 0 Å². The highest BCUT2D eigenvalue weighted by Crippen LogP contribution is 2.30. The smallest absolute Gasteiger partial charge is 0.250 e. The average Bonchev–Trinajstić information content (AvgIpc) is 2.58. The van der Waals surface area contributed by atoms with Gasteiger partial charge in [-0.25, -0.2) is 0 Å². The van der Waals surface area contributed by atoms with Gasteiger partial charge in [0.2, 0.25) is 5.91 Å². The van der Waals surface area contributed by atoms with Crippen molar-refractivity contribution in [1.82, 2.24) is 4.90 Å². The van der Waals surface area contributed by atoms with Crippen LogP contribution in [0.15, 0.2) is 58.4 Å². The van der Waals surface area contributed by atoms with Crippen molar-refractivity contribution >= 4 is 12.1 Å². The van der Waals surface area contributed by atoms with Crippen LogP contribution >= 0.6 is 0 Å². The summed E-state index contributed by atoms with van der Waals surface area (Å²) < 4.78 is 0. The minimum absolute atomic E-state index is 0.382. The van der Waals surface area contributed by atoms with Crippen LogP contribution in [0.2, 0.25) is 0 Å². The average molecular weight is 323 g/mol. The molecule has 4 heteroatoms. The lowest BCUT2D eigenvalue weighted by atomic mass is 9.89. The molecule has 2 heterocycles. The van der Waals surface area contributed by atoms with Gasteiger partial charge in [0.15, 0.2) is 0 Å². The molecule has 24 heavy (non-hydrogen) atoms. The molecule has 1 unspecified atom stereocenters. The third-order valence-corrected chi connectivity index (χ3v) is 4.96. The molecule has 1 atom stereocenters. The summed E-state index contributed by atoms with van der Waals surface area (Å²) in [5, 5.41) is 0. The Hall–Kier alpha value is -2.36. The van der Waals surface area contributed by atoms with Gasteiger partial charge in [0.05, 0.1) is 11.3 Å². The third kappa shape index (κ3) is 3.94. The predicted molar refractivity (Wildman–Crippen MR) is 97.5 cm³/mol. The number of allylic oxidation sites excluding steroid dienone is 2. The zero-order valence-electron chi connectivity index (χ0n) is 14.2. The Morgan fingerprint density at radius 3 is 2.83 bits per heavy atom. The van der Waals surface area contributed by atoms with Gasteiger partial charge in [-0.3, -0.25) is 9.79 Å². The van der Waals surface area contributed by atoms with E-state index in [9.17, 15) is 4.79 Å². The molecule has 3 rings (SSSR count). The van der Waals surface area contributed by atoms with Crippen molar-refractivity contribution in [3.63, 3.8) is 0 Å². The molecular formula is C20H25N3O. The lowest BCUT2D eigenvalue weighted by molar-refractivity contribution is -0.114. The fourth-order valence-electron chi connectivity index (χ4n) is 3.40. The van der Waals surface area contributed by atoms with E-state index in [0.29, 0.717) is 11.5 Å². The van der Waals surface area contributed by atoms with E-state index in [1.54, 1.807) is 6.21 Å². The van der Waals surface area contributed by atoms with Crippen LogP contribution in [-0.2, 0) is 11.2 Å². The molecule has 2 aliphatic rings. The second kappa shape index (κ2) is 7.47. The number of nitrogens with two attached hydrogens (primary N) is 1. The summed E-state index contributed by atoms with van der Waals surface area (Å²) in [6, 6.07) is 10.5. The van der Waals surface area contributed by atoms with Crippen LogP contribution in [0.1, 0.15) is 31.7 Å². The SMILES string of the molecule is CC1=C(C(N)=O)C=NC2=CN(CCc3ccccc3)CCC2CC1. The van der Waals surface area contributed by atoms with E-state index in [0.717, 1.165) is 50.0 Å². The Morgan fingerprint density at radius 1 is 1.29 bits per heavy atom.